The molecule has 0 unspecified atom stereocenters. The van der Waals surface area contributed by atoms with Crippen LogP contribution in [0.2, 0.25) is 0 Å². The van der Waals surface area contributed by atoms with E-state index < -0.39 is 15.8 Å². The van der Waals surface area contributed by atoms with Crippen molar-refractivity contribution in [2.45, 2.75) is 17.7 Å². The van der Waals surface area contributed by atoms with E-state index in [2.05, 4.69) is 20.2 Å². The van der Waals surface area contributed by atoms with Crippen LogP contribution in [0.25, 0.3) is 22.0 Å². The smallest absolute Gasteiger partial charge is 0.261 e. The molecule has 5 rings (SSSR count). The van der Waals surface area contributed by atoms with E-state index in [4.69, 9.17) is 0 Å². The Morgan fingerprint density at radius 3 is 2.56 bits per heavy atom. The lowest BCUT2D eigenvalue weighted by atomic mass is 10.0. The highest BCUT2D eigenvalue weighted by atomic mass is 32.2. The summed E-state index contributed by atoms with van der Waals surface area (Å²) in [7, 11) is -3.93. The summed E-state index contributed by atoms with van der Waals surface area (Å²) in [4.78, 5) is 11.9. The third kappa shape index (κ3) is 4.06. The van der Waals surface area contributed by atoms with Gasteiger partial charge in [0.2, 0.25) is 5.91 Å². The van der Waals surface area contributed by atoms with Crippen LogP contribution in [0.4, 0.5) is 15.9 Å². The monoisotopic (exact) mass is 450 g/mol. The minimum atomic E-state index is -3.93. The fourth-order valence-electron chi connectivity index (χ4n) is 3.47. The van der Waals surface area contributed by atoms with Crippen molar-refractivity contribution >= 4 is 38.3 Å². The molecule has 0 bridgehead atoms. The molecule has 1 fully saturated rings. The van der Waals surface area contributed by atoms with Crippen molar-refractivity contribution in [3.8, 4) is 11.1 Å². The number of nitrogens with zero attached hydrogens (tertiary/aromatic N) is 1. The fourth-order valence-corrected chi connectivity index (χ4v) is 4.55. The summed E-state index contributed by atoms with van der Waals surface area (Å²) < 4.78 is 41.1. The number of aromatic amines is 1. The number of aromatic nitrogens is 2. The van der Waals surface area contributed by atoms with Crippen molar-refractivity contribution in [2.75, 3.05) is 10.0 Å². The quantitative estimate of drug-likeness (QED) is 0.402. The van der Waals surface area contributed by atoms with Gasteiger partial charge in [0.15, 0.2) is 5.82 Å². The largest absolute Gasteiger partial charge is 0.308 e. The number of nitrogens with one attached hydrogen (secondary N) is 3. The van der Waals surface area contributed by atoms with Crippen LogP contribution < -0.4 is 10.0 Å². The van der Waals surface area contributed by atoms with Gasteiger partial charge in [0.1, 0.15) is 5.82 Å². The van der Waals surface area contributed by atoms with Crippen LogP contribution in [0.1, 0.15) is 12.8 Å². The Labute approximate surface area is 183 Å². The number of carbonyl (C=O) groups excluding carboxylic acids is 1. The van der Waals surface area contributed by atoms with Crippen LogP contribution in [-0.2, 0) is 14.8 Å². The molecule has 9 heteroatoms. The number of sulfonamides is 1. The third-order valence-corrected chi connectivity index (χ3v) is 6.69. The van der Waals surface area contributed by atoms with Crippen LogP contribution in [0.3, 0.4) is 0 Å². The molecule has 3 N–H and O–H groups in total. The molecule has 1 heterocycles. The van der Waals surface area contributed by atoms with E-state index in [0.717, 1.165) is 40.9 Å². The third-order valence-electron chi connectivity index (χ3n) is 5.31. The van der Waals surface area contributed by atoms with Gasteiger partial charge in [-0.2, -0.15) is 5.10 Å². The first-order chi connectivity index (χ1) is 15.4. The maximum absolute atomic E-state index is 13.4. The molecule has 0 aliphatic heterocycles. The highest BCUT2D eigenvalue weighted by Crippen LogP contribution is 2.32. The SMILES string of the molecule is O=C(Nc1n[nH]c2cc(-c3cccc(NS(=O)(=O)c4cccc(F)c4)c3)ccc12)C1CC1. The molecule has 1 aromatic heterocycles. The van der Waals surface area contributed by atoms with Crippen molar-refractivity contribution < 1.29 is 17.6 Å². The molecule has 4 aromatic rings. The molecule has 1 aliphatic carbocycles. The Hall–Kier alpha value is -3.72. The van der Waals surface area contributed by atoms with Crippen LogP contribution in [0, 0.1) is 11.7 Å². The molecule has 3 aromatic carbocycles. The van der Waals surface area contributed by atoms with Crippen LogP contribution in [0.5, 0.6) is 0 Å². The normalized spacial score (nSPS) is 13.8. The van der Waals surface area contributed by atoms with Crippen molar-refractivity contribution in [1.29, 1.82) is 0 Å². The van der Waals surface area contributed by atoms with Gasteiger partial charge in [0, 0.05) is 17.0 Å². The predicted molar refractivity (Wildman–Crippen MR) is 120 cm³/mol. The zero-order valence-corrected chi connectivity index (χ0v) is 17.6. The maximum atomic E-state index is 13.4. The highest BCUT2D eigenvalue weighted by Gasteiger charge is 2.30. The summed E-state index contributed by atoms with van der Waals surface area (Å²) in [5.74, 6) is -0.0529. The summed E-state index contributed by atoms with van der Waals surface area (Å²) in [6, 6.07) is 17.4. The zero-order chi connectivity index (χ0) is 22.3. The molecule has 1 amide bonds. The molecule has 162 valence electrons. The number of fused-ring (bicyclic) bond motifs is 1. The Balaban J connectivity index is 1.40. The summed E-state index contributed by atoms with van der Waals surface area (Å²) in [5.41, 5.74) is 2.73. The fraction of sp³-hybridized carbons (Fsp3) is 0.130. The van der Waals surface area contributed by atoms with E-state index in [1.165, 1.54) is 18.2 Å². The summed E-state index contributed by atoms with van der Waals surface area (Å²) in [6.07, 6.45) is 1.83. The number of benzene rings is 3. The molecular formula is C23H19FN4O3S. The number of hydrogen-bond acceptors (Lipinski definition) is 4. The minimum absolute atomic E-state index is 0.0132. The van der Waals surface area contributed by atoms with Gasteiger partial charge >= 0.3 is 0 Å². The summed E-state index contributed by atoms with van der Waals surface area (Å²) in [6.45, 7) is 0. The Morgan fingerprint density at radius 1 is 1.00 bits per heavy atom. The molecule has 0 atom stereocenters. The first-order valence-electron chi connectivity index (χ1n) is 10.1. The van der Waals surface area contributed by atoms with Crippen LogP contribution in [-0.4, -0.2) is 24.5 Å². The number of H-pyrrole nitrogens is 1. The van der Waals surface area contributed by atoms with E-state index in [1.54, 1.807) is 18.2 Å². The van der Waals surface area contributed by atoms with Gasteiger partial charge in [-0.15, -0.1) is 0 Å². The molecule has 7 nitrogen and oxygen atoms in total. The second kappa shape index (κ2) is 7.76. The molecule has 1 saturated carbocycles. The number of carbonyl (C=O) groups is 1. The topological polar surface area (TPSA) is 104 Å². The van der Waals surface area contributed by atoms with Crippen LogP contribution in [0.15, 0.2) is 71.6 Å². The number of anilines is 2. The average molecular weight is 450 g/mol. The molecule has 1 aliphatic rings. The summed E-state index contributed by atoms with van der Waals surface area (Å²) >= 11 is 0. The maximum Gasteiger partial charge on any atom is 0.261 e. The van der Waals surface area contributed by atoms with Gasteiger partial charge in [-0.25, -0.2) is 12.8 Å². The molecule has 0 saturated heterocycles. The molecule has 0 radical (unpaired) electrons. The average Bonchev–Trinajstić information content (AvgIpc) is 3.56. The molecule has 0 spiro atoms. The van der Waals surface area contributed by atoms with Gasteiger partial charge < -0.3 is 5.32 Å². The highest BCUT2D eigenvalue weighted by molar-refractivity contribution is 7.92. The standard InChI is InChI=1S/C23H19FN4O3S/c24-17-4-2-6-19(13-17)32(30,31)28-18-5-1-3-15(11-18)16-9-10-20-21(12-16)26-27-22(20)25-23(29)14-7-8-14/h1-6,9-14,28H,7-8H2,(H2,25,26,27,29). The van der Waals surface area contributed by atoms with E-state index in [0.29, 0.717) is 11.5 Å². The lowest BCUT2D eigenvalue weighted by Crippen LogP contribution is -2.13. The Kier molecular flexibility index (Phi) is 4.90. The molecule has 32 heavy (non-hydrogen) atoms. The van der Waals surface area contributed by atoms with Gasteiger partial charge in [-0.1, -0.05) is 24.3 Å². The van der Waals surface area contributed by atoms with Gasteiger partial charge in [0.25, 0.3) is 10.0 Å². The first-order valence-corrected chi connectivity index (χ1v) is 11.6. The Bertz CT molecular complexity index is 1440. The lowest BCUT2D eigenvalue weighted by molar-refractivity contribution is -0.117. The van der Waals surface area contributed by atoms with Crippen molar-refractivity contribution in [2.24, 2.45) is 5.92 Å². The second-order valence-electron chi connectivity index (χ2n) is 7.74. The number of halogens is 1. The first kappa shape index (κ1) is 20.2. The van der Waals surface area contributed by atoms with E-state index >= 15 is 0 Å². The lowest BCUT2D eigenvalue weighted by Gasteiger charge is -2.10. The Morgan fingerprint density at radius 2 is 1.78 bits per heavy atom. The minimum Gasteiger partial charge on any atom is -0.308 e. The van der Waals surface area contributed by atoms with E-state index in [1.807, 2.05) is 24.3 Å². The van der Waals surface area contributed by atoms with Crippen molar-refractivity contribution in [3.05, 3.63) is 72.5 Å². The second-order valence-corrected chi connectivity index (χ2v) is 9.42. The number of hydrogen-bond donors (Lipinski definition) is 3. The van der Waals surface area contributed by atoms with Gasteiger partial charge in [0.05, 0.1) is 10.4 Å². The van der Waals surface area contributed by atoms with Gasteiger partial charge in [-0.05, 0) is 66.4 Å². The van der Waals surface area contributed by atoms with Crippen molar-refractivity contribution in [3.63, 3.8) is 0 Å². The van der Waals surface area contributed by atoms with E-state index in [9.17, 15) is 17.6 Å². The number of amides is 1. The summed E-state index contributed by atoms with van der Waals surface area (Å²) in [5, 5.41) is 10.8. The van der Waals surface area contributed by atoms with Gasteiger partial charge in [-0.3, -0.25) is 14.6 Å². The number of rotatable bonds is 6. The zero-order valence-electron chi connectivity index (χ0n) is 16.8. The van der Waals surface area contributed by atoms with E-state index in [-0.39, 0.29) is 16.7 Å². The molecular weight excluding hydrogens is 431 g/mol. The predicted octanol–water partition coefficient (Wildman–Crippen LogP) is 4.52. The van der Waals surface area contributed by atoms with Crippen molar-refractivity contribution in [1.82, 2.24) is 10.2 Å². The van der Waals surface area contributed by atoms with Crippen LogP contribution >= 0.6 is 0 Å².